The first kappa shape index (κ1) is 16.2. The lowest BCUT2D eigenvalue weighted by molar-refractivity contribution is 0.208. The number of carbonyl (C=O) groups is 1. The molecule has 1 aromatic rings. The minimum Gasteiger partial charge on any atom is -0.493 e. The van der Waals surface area contributed by atoms with Crippen molar-refractivity contribution in [3.05, 3.63) is 30.4 Å². The lowest BCUT2D eigenvalue weighted by Gasteiger charge is -2.25. The van der Waals surface area contributed by atoms with Crippen LogP contribution in [0.3, 0.4) is 0 Å². The molecule has 5 heteroatoms. The molecule has 0 bridgehead atoms. The molecule has 1 aliphatic heterocycles. The smallest absolute Gasteiger partial charge is 0.322 e. The van der Waals surface area contributed by atoms with Crippen LogP contribution in [0, 0.1) is 0 Å². The maximum atomic E-state index is 12.4. The van der Waals surface area contributed by atoms with Crippen molar-refractivity contribution >= 4 is 11.7 Å². The van der Waals surface area contributed by atoms with Crippen molar-refractivity contribution in [1.29, 1.82) is 0 Å². The average molecular weight is 304 g/mol. The summed E-state index contributed by atoms with van der Waals surface area (Å²) in [5.74, 6) is 1.24. The highest BCUT2D eigenvalue weighted by molar-refractivity contribution is 5.90. The summed E-state index contributed by atoms with van der Waals surface area (Å²) in [5.41, 5.74) is 0.698. The number of rotatable bonds is 6. The van der Waals surface area contributed by atoms with Crippen LogP contribution in [0.2, 0.25) is 0 Å². The van der Waals surface area contributed by atoms with Gasteiger partial charge < -0.3 is 19.7 Å². The van der Waals surface area contributed by atoms with Gasteiger partial charge in [-0.3, -0.25) is 0 Å². The predicted molar refractivity (Wildman–Crippen MR) is 87.7 cm³/mol. The quantitative estimate of drug-likeness (QED) is 0.816. The number of urea groups is 1. The van der Waals surface area contributed by atoms with Crippen LogP contribution in [-0.4, -0.2) is 37.7 Å². The van der Waals surface area contributed by atoms with E-state index in [-0.39, 0.29) is 12.1 Å². The molecule has 5 nitrogen and oxygen atoms in total. The van der Waals surface area contributed by atoms with E-state index in [1.165, 1.54) is 0 Å². The highest BCUT2D eigenvalue weighted by Gasteiger charge is 2.24. The molecule has 1 unspecified atom stereocenters. The molecule has 1 atom stereocenters. The van der Waals surface area contributed by atoms with E-state index in [0.717, 1.165) is 19.3 Å². The molecule has 22 heavy (non-hydrogen) atoms. The Balaban J connectivity index is 2.02. The van der Waals surface area contributed by atoms with Gasteiger partial charge in [-0.2, -0.15) is 0 Å². The van der Waals surface area contributed by atoms with Crippen molar-refractivity contribution in [3.63, 3.8) is 0 Å². The van der Waals surface area contributed by atoms with Gasteiger partial charge in [0.25, 0.3) is 0 Å². The number of anilines is 1. The van der Waals surface area contributed by atoms with Gasteiger partial charge in [0.2, 0.25) is 0 Å². The molecule has 0 spiro atoms. The molecule has 120 valence electrons. The van der Waals surface area contributed by atoms with Crippen molar-refractivity contribution in [1.82, 2.24) is 4.90 Å². The summed E-state index contributed by atoms with van der Waals surface area (Å²) in [6.07, 6.45) is 7.43. The van der Waals surface area contributed by atoms with Gasteiger partial charge in [0.1, 0.15) is 0 Å². The van der Waals surface area contributed by atoms with Crippen molar-refractivity contribution in [2.75, 3.05) is 26.1 Å². The first-order chi connectivity index (χ1) is 10.7. The molecule has 0 saturated carbocycles. The van der Waals surface area contributed by atoms with Crippen molar-refractivity contribution in [2.45, 2.75) is 32.2 Å². The van der Waals surface area contributed by atoms with Gasteiger partial charge >= 0.3 is 6.03 Å². The molecule has 1 aromatic carbocycles. The Bertz CT molecular complexity index is 543. The van der Waals surface area contributed by atoms with Crippen molar-refractivity contribution in [2.24, 2.45) is 0 Å². The topological polar surface area (TPSA) is 50.8 Å². The maximum Gasteiger partial charge on any atom is 0.322 e. The molecule has 1 heterocycles. The molecule has 1 aliphatic rings. The summed E-state index contributed by atoms with van der Waals surface area (Å²) in [7, 11) is 3.17. The molecule has 2 rings (SSSR count). The second-order valence-electron chi connectivity index (χ2n) is 5.29. The number of nitrogens with zero attached hydrogens (tertiary/aromatic N) is 1. The van der Waals surface area contributed by atoms with Gasteiger partial charge in [0, 0.05) is 18.3 Å². The summed E-state index contributed by atoms with van der Waals surface area (Å²) < 4.78 is 10.5. The first-order valence-corrected chi connectivity index (χ1v) is 7.66. The Morgan fingerprint density at radius 2 is 2.09 bits per heavy atom. The van der Waals surface area contributed by atoms with E-state index in [2.05, 4.69) is 24.4 Å². The zero-order chi connectivity index (χ0) is 15.9. The number of nitrogens with one attached hydrogen (secondary N) is 1. The molecule has 0 fully saturated rings. The number of ether oxygens (including phenoxy) is 2. The third kappa shape index (κ3) is 3.72. The molecule has 0 aliphatic carbocycles. The van der Waals surface area contributed by atoms with Crippen LogP contribution in [0.15, 0.2) is 30.4 Å². The normalized spacial score (nSPS) is 16.7. The third-order valence-electron chi connectivity index (χ3n) is 3.81. The zero-order valence-corrected chi connectivity index (χ0v) is 13.5. The number of hydrogen-bond acceptors (Lipinski definition) is 3. The molecular formula is C17H24N2O3. The van der Waals surface area contributed by atoms with Crippen molar-refractivity contribution in [3.8, 4) is 11.5 Å². The average Bonchev–Trinajstić information content (AvgIpc) is 3.01. The van der Waals surface area contributed by atoms with Crippen LogP contribution in [0.1, 0.15) is 26.2 Å². The van der Waals surface area contributed by atoms with Crippen LogP contribution in [-0.2, 0) is 0 Å². The Morgan fingerprint density at radius 3 is 2.77 bits per heavy atom. The molecule has 0 saturated heterocycles. The summed E-state index contributed by atoms with van der Waals surface area (Å²) in [6, 6.07) is 5.47. The van der Waals surface area contributed by atoms with E-state index in [1.54, 1.807) is 26.4 Å². The van der Waals surface area contributed by atoms with E-state index in [9.17, 15) is 4.79 Å². The number of benzene rings is 1. The van der Waals surface area contributed by atoms with Crippen LogP contribution < -0.4 is 14.8 Å². The summed E-state index contributed by atoms with van der Waals surface area (Å²) >= 11 is 0. The van der Waals surface area contributed by atoms with Crippen LogP contribution >= 0.6 is 0 Å². The van der Waals surface area contributed by atoms with Gasteiger partial charge in [-0.25, -0.2) is 4.79 Å². The van der Waals surface area contributed by atoms with Gasteiger partial charge in [-0.15, -0.1) is 0 Å². The lowest BCUT2D eigenvalue weighted by Crippen LogP contribution is -2.39. The number of amides is 2. The predicted octanol–water partition coefficient (Wildman–Crippen LogP) is 3.67. The van der Waals surface area contributed by atoms with Gasteiger partial charge in [0.15, 0.2) is 11.5 Å². The zero-order valence-electron chi connectivity index (χ0n) is 13.5. The molecular weight excluding hydrogens is 280 g/mol. The fourth-order valence-electron chi connectivity index (χ4n) is 2.58. The summed E-state index contributed by atoms with van der Waals surface area (Å²) in [6.45, 7) is 2.82. The second kappa shape index (κ2) is 7.73. The van der Waals surface area contributed by atoms with Gasteiger partial charge in [-0.05, 0) is 18.6 Å². The molecule has 1 N–H and O–H groups in total. The van der Waals surface area contributed by atoms with E-state index >= 15 is 0 Å². The number of unbranched alkanes of at least 4 members (excludes halogenated alkanes) is 1. The van der Waals surface area contributed by atoms with Crippen LogP contribution in [0.5, 0.6) is 11.5 Å². The standard InChI is InChI=1S/C17H24N2O3/c1-4-5-7-14-8-6-11-19(14)17(20)18-13-9-10-15(21-2)16(12-13)22-3/h6,8-10,12,14H,4-5,7,11H2,1-3H3,(H,18,20). The SMILES string of the molecule is CCCCC1C=CCN1C(=O)Nc1ccc(OC)c(OC)c1. The first-order valence-electron chi connectivity index (χ1n) is 7.66. The second-order valence-corrected chi connectivity index (χ2v) is 5.29. The fraction of sp³-hybridized carbons (Fsp3) is 0.471. The number of methoxy groups -OCH3 is 2. The Morgan fingerprint density at radius 1 is 1.32 bits per heavy atom. The monoisotopic (exact) mass is 304 g/mol. The third-order valence-corrected chi connectivity index (χ3v) is 3.81. The van der Waals surface area contributed by atoms with Crippen molar-refractivity contribution < 1.29 is 14.3 Å². The van der Waals surface area contributed by atoms with E-state index in [4.69, 9.17) is 9.47 Å². The van der Waals surface area contributed by atoms with Gasteiger partial charge in [-0.1, -0.05) is 31.9 Å². The van der Waals surface area contributed by atoms with Crippen LogP contribution in [0.25, 0.3) is 0 Å². The maximum absolute atomic E-state index is 12.4. The van der Waals surface area contributed by atoms with E-state index in [0.29, 0.717) is 23.7 Å². The number of hydrogen-bond donors (Lipinski definition) is 1. The Kier molecular flexibility index (Phi) is 5.69. The largest absolute Gasteiger partial charge is 0.493 e. The highest BCUT2D eigenvalue weighted by Crippen LogP contribution is 2.30. The molecule has 2 amide bonds. The Labute approximate surface area is 131 Å². The minimum absolute atomic E-state index is 0.0849. The van der Waals surface area contributed by atoms with E-state index in [1.807, 2.05) is 11.0 Å². The fourth-order valence-corrected chi connectivity index (χ4v) is 2.58. The number of carbonyl (C=O) groups excluding carboxylic acids is 1. The Hall–Kier alpha value is -2.17. The summed E-state index contributed by atoms with van der Waals surface area (Å²) in [4.78, 5) is 14.3. The van der Waals surface area contributed by atoms with Gasteiger partial charge in [0.05, 0.1) is 20.3 Å². The highest BCUT2D eigenvalue weighted by atomic mass is 16.5. The summed E-state index contributed by atoms with van der Waals surface area (Å²) in [5, 5.41) is 2.93. The minimum atomic E-state index is -0.0849. The molecule has 0 radical (unpaired) electrons. The lowest BCUT2D eigenvalue weighted by atomic mass is 10.1. The van der Waals surface area contributed by atoms with Crippen LogP contribution in [0.4, 0.5) is 10.5 Å². The molecule has 0 aromatic heterocycles. The van der Waals surface area contributed by atoms with E-state index < -0.39 is 0 Å².